The van der Waals surface area contributed by atoms with E-state index in [4.69, 9.17) is 9.15 Å². The number of amides is 1. The van der Waals surface area contributed by atoms with Crippen molar-refractivity contribution >= 4 is 21.8 Å². The second-order valence-electron chi connectivity index (χ2n) is 5.51. The van der Waals surface area contributed by atoms with E-state index in [0.29, 0.717) is 30.2 Å². The van der Waals surface area contributed by atoms with Gasteiger partial charge in [0.05, 0.1) is 12.6 Å². The molecule has 6 heteroatoms. The topological polar surface area (TPSA) is 59.8 Å². The Morgan fingerprint density at radius 2 is 2.04 bits per heavy atom. The van der Waals surface area contributed by atoms with Gasteiger partial charge in [0, 0.05) is 29.1 Å². The predicted octanol–water partition coefficient (Wildman–Crippen LogP) is 3.00. The Balaban J connectivity index is 1.65. The van der Waals surface area contributed by atoms with E-state index in [0.717, 1.165) is 10.9 Å². The molecule has 2 heterocycles. The summed E-state index contributed by atoms with van der Waals surface area (Å²) in [6.45, 7) is 2.85. The molecule has 2 aromatic rings. The molecule has 1 unspecified atom stereocenters. The van der Waals surface area contributed by atoms with Gasteiger partial charge in [-0.25, -0.2) is 4.79 Å². The lowest BCUT2D eigenvalue weighted by Crippen LogP contribution is -2.31. The second kappa shape index (κ2) is 6.58. The maximum absolute atomic E-state index is 12.5. The van der Waals surface area contributed by atoms with Gasteiger partial charge in [0.1, 0.15) is 17.6 Å². The number of rotatable bonds is 3. The largest absolute Gasteiger partial charge is 0.488 e. The van der Waals surface area contributed by atoms with Crippen molar-refractivity contribution in [2.75, 3.05) is 13.1 Å². The van der Waals surface area contributed by atoms with E-state index in [-0.39, 0.29) is 12.0 Å². The average molecular weight is 378 g/mol. The Hall–Kier alpha value is -2.08. The van der Waals surface area contributed by atoms with Gasteiger partial charge in [-0.15, -0.1) is 0 Å². The van der Waals surface area contributed by atoms with Crippen LogP contribution in [0.3, 0.4) is 0 Å². The zero-order chi connectivity index (χ0) is 16.4. The van der Waals surface area contributed by atoms with Crippen molar-refractivity contribution in [3.05, 3.63) is 62.6 Å². The van der Waals surface area contributed by atoms with Crippen molar-refractivity contribution in [3.63, 3.8) is 0 Å². The summed E-state index contributed by atoms with van der Waals surface area (Å²) in [7, 11) is 0. The molecule has 0 spiro atoms. The van der Waals surface area contributed by atoms with Crippen molar-refractivity contribution in [3.8, 4) is 5.75 Å². The minimum absolute atomic E-state index is 0.00708. The van der Waals surface area contributed by atoms with Gasteiger partial charge < -0.3 is 14.1 Å². The normalized spacial score (nSPS) is 17.3. The van der Waals surface area contributed by atoms with Gasteiger partial charge in [-0.05, 0) is 31.2 Å². The summed E-state index contributed by atoms with van der Waals surface area (Å²) in [5, 5.41) is 0. The first-order valence-corrected chi connectivity index (χ1v) is 8.14. The lowest BCUT2D eigenvalue weighted by atomic mass is 10.2. The fraction of sp³-hybridized carbons (Fsp3) is 0.294. The van der Waals surface area contributed by atoms with Crippen LogP contribution in [-0.4, -0.2) is 30.0 Å². The number of likely N-dealkylation sites (tertiary alicyclic amines) is 1. The molecule has 5 nitrogen and oxygen atoms in total. The first-order chi connectivity index (χ1) is 11.0. The summed E-state index contributed by atoms with van der Waals surface area (Å²) in [6.07, 6.45) is 0.622. The lowest BCUT2D eigenvalue weighted by Gasteiger charge is -2.17. The summed E-state index contributed by atoms with van der Waals surface area (Å²) in [5.41, 5.74) is 0.228. The maximum atomic E-state index is 12.5. The fourth-order valence-corrected chi connectivity index (χ4v) is 2.88. The number of carbonyl (C=O) groups is 1. The fourth-order valence-electron chi connectivity index (χ4n) is 2.62. The number of aryl methyl sites for hydroxylation is 1. The summed E-state index contributed by atoms with van der Waals surface area (Å²) < 4.78 is 11.7. The molecule has 3 rings (SSSR count). The van der Waals surface area contributed by atoms with Crippen molar-refractivity contribution in [1.82, 2.24) is 4.90 Å². The van der Waals surface area contributed by atoms with Crippen molar-refractivity contribution in [2.24, 2.45) is 0 Å². The van der Waals surface area contributed by atoms with E-state index in [1.54, 1.807) is 30.0 Å². The van der Waals surface area contributed by atoms with E-state index in [9.17, 15) is 9.59 Å². The number of carbonyl (C=O) groups excluding carboxylic acids is 1. The molecule has 1 saturated heterocycles. The number of halogens is 1. The molecule has 1 atom stereocenters. The zero-order valence-electron chi connectivity index (χ0n) is 12.6. The average Bonchev–Trinajstić information content (AvgIpc) is 2.94. The molecule has 0 radical (unpaired) electrons. The molecule has 0 bridgehead atoms. The smallest absolute Gasteiger partial charge is 0.339 e. The van der Waals surface area contributed by atoms with Crippen molar-refractivity contribution in [2.45, 2.75) is 19.4 Å². The standard InChI is InChI=1S/C17H16BrNO4/c1-11-8-15(9-16(20)22-11)23-14-6-7-19(10-14)17(21)12-2-4-13(18)5-3-12/h2-5,8-9,14H,6-7,10H2,1H3. The summed E-state index contributed by atoms with van der Waals surface area (Å²) in [6, 6.07) is 10.3. The molecule has 0 N–H and O–H groups in total. The highest BCUT2D eigenvalue weighted by Gasteiger charge is 2.28. The van der Waals surface area contributed by atoms with Gasteiger partial charge >= 0.3 is 5.63 Å². The third-order valence-electron chi connectivity index (χ3n) is 3.69. The van der Waals surface area contributed by atoms with Gasteiger partial charge in [0.15, 0.2) is 0 Å². The number of benzene rings is 1. The van der Waals surface area contributed by atoms with Crippen LogP contribution in [0.1, 0.15) is 22.5 Å². The Morgan fingerprint density at radius 1 is 1.30 bits per heavy atom. The molecule has 1 amide bonds. The van der Waals surface area contributed by atoms with Gasteiger partial charge in [0.2, 0.25) is 0 Å². The van der Waals surface area contributed by atoms with E-state index < -0.39 is 5.63 Å². The minimum Gasteiger partial charge on any atom is -0.488 e. The highest BCUT2D eigenvalue weighted by molar-refractivity contribution is 9.10. The third-order valence-corrected chi connectivity index (χ3v) is 4.22. The van der Waals surface area contributed by atoms with Gasteiger partial charge in [0.25, 0.3) is 5.91 Å². The van der Waals surface area contributed by atoms with Crippen LogP contribution in [0.5, 0.6) is 5.75 Å². The molecule has 1 fully saturated rings. The maximum Gasteiger partial charge on any atom is 0.339 e. The monoisotopic (exact) mass is 377 g/mol. The van der Waals surface area contributed by atoms with Gasteiger partial charge in [-0.1, -0.05) is 15.9 Å². The third kappa shape index (κ3) is 3.82. The quantitative estimate of drug-likeness (QED) is 0.824. The van der Waals surface area contributed by atoms with E-state index in [1.807, 2.05) is 12.1 Å². The first-order valence-electron chi connectivity index (χ1n) is 7.34. The van der Waals surface area contributed by atoms with Crippen LogP contribution in [0.4, 0.5) is 0 Å². The highest BCUT2D eigenvalue weighted by Crippen LogP contribution is 2.20. The van der Waals surface area contributed by atoms with E-state index >= 15 is 0 Å². The Kier molecular flexibility index (Phi) is 4.52. The van der Waals surface area contributed by atoms with Gasteiger partial charge in [-0.2, -0.15) is 0 Å². The molecule has 1 aliphatic rings. The predicted molar refractivity (Wildman–Crippen MR) is 88.8 cm³/mol. The SMILES string of the molecule is Cc1cc(OC2CCN(C(=O)c3ccc(Br)cc3)C2)cc(=O)o1. The van der Waals surface area contributed by atoms with Crippen molar-refractivity contribution in [1.29, 1.82) is 0 Å². The summed E-state index contributed by atoms with van der Waals surface area (Å²) >= 11 is 3.36. The van der Waals surface area contributed by atoms with Crippen LogP contribution in [0.2, 0.25) is 0 Å². The van der Waals surface area contributed by atoms with Crippen LogP contribution in [-0.2, 0) is 0 Å². The Labute approximate surface area is 142 Å². The van der Waals surface area contributed by atoms with Crippen LogP contribution >= 0.6 is 15.9 Å². The molecule has 1 aromatic heterocycles. The zero-order valence-corrected chi connectivity index (χ0v) is 14.2. The number of nitrogens with zero attached hydrogens (tertiary/aromatic N) is 1. The van der Waals surface area contributed by atoms with Crippen molar-refractivity contribution < 1.29 is 13.9 Å². The number of ether oxygens (including phenoxy) is 1. The molecule has 0 aliphatic carbocycles. The second-order valence-corrected chi connectivity index (χ2v) is 6.43. The van der Waals surface area contributed by atoms with E-state index in [2.05, 4.69) is 15.9 Å². The first kappa shape index (κ1) is 15.8. The molecule has 0 saturated carbocycles. The molecule has 23 heavy (non-hydrogen) atoms. The highest BCUT2D eigenvalue weighted by atomic mass is 79.9. The van der Waals surface area contributed by atoms with Crippen LogP contribution < -0.4 is 10.4 Å². The molecule has 1 aliphatic heterocycles. The molecule has 120 valence electrons. The lowest BCUT2D eigenvalue weighted by molar-refractivity contribution is 0.0772. The Bertz CT molecular complexity index is 769. The van der Waals surface area contributed by atoms with E-state index in [1.165, 1.54) is 6.07 Å². The molecule has 1 aromatic carbocycles. The Morgan fingerprint density at radius 3 is 2.74 bits per heavy atom. The molecular weight excluding hydrogens is 362 g/mol. The van der Waals surface area contributed by atoms with Gasteiger partial charge in [-0.3, -0.25) is 4.79 Å². The molecular formula is C17H16BrNO4. The summed E-state index contributed by atoms with van der Waals surface area (Å²) in [4.78, 5) is 25.6. The van der Waals surface area contributed by atoms with Crippen LogP contribution in [0.15, 0.2) is 50.1 Å². The van der Waals surface area contributed by atoms with Crippen LogP contribution in [0.25, 0.3) is 0 Å². The number of hydrogen-bond acceptors (Lipinski definition) is 4. The summed E-state index contributed by atoms with van der Waals surface area (Å²) in [5.74, 6) is 0.988. The minimum atomic E-state index is -0.430. The number of hydrogen-bond donors (Lipinski definition) is 0. The van der Waals surface area contributed by atoms with Crippen LogP contribution in [0, 0.1) is 6.92 Å².